The largest absolute Gasteiger partial charge is 0.490 e. The third-order valence-electron chi connectivity index (χ3n) is 2.77. The summed E-state index contributed by atoms with van der Waals surface area (Å²) in [4.78, 5) is 8.90. The van der Waals surface area contributed by atoms with Crippen LogP contribution in [0.25, 0.3) is 0 Å². The van der Waals surface area contributed by atoms with Crippen LogP contribution in [0, 0.1) is 5.41 Å². The molecule has 0 aliphatic heterocycles. The SMILES string of the molecule is N=C(N)c1cccc(COc2ccc(Br)cc2Cl)c1.O=C(O)C(F)(F)F. The van der Waals surface area contributed by atoms with Crippen molar-refractivity contribution in [3.63, 3.8) is 0 Å². The second-order valence-electron chi connectivity index (χ2n) is 4.78. The van der Waals surface area contributed by atoms with Crippen molar-refractivity contribution in [1.29, 1.82) is 5.41 Å². The number of benzene rings is 2. The number of nitrogens with one attached hydrogen (secondary N) is 1. The van der Waals surface area contributed by atoms with Crippen molar-refractivity contribution in [2.75, 3.05) is 0 Å². The fourth-order valence-electron chi connectivity index (χ4n) is 1.58. The lowest BCUT2D eigenvalue weighted by Gasteiger charge is -2.09. The molecular weight excluding hydrogens is 441 g/mol. The highest BCUT2D eigenvalue weighted by molar-refractivity contribution is 9.10. The molecule has 10 heteroatoms. The number of amidine groups is 1. The average molecular weight is 454 g/mol. The quantitative estimate of drug-likeness (QED) is 0.466. The molecule has 0 aromatic heterocycles. The maximum absolute atomic E-state index is 10.6. The van der Waals surface area contributed by atoms with Crippen LogP contribution in [-0.2, 0) is 11.4 Å². The van der Waals surface area contributed by atoms with Crippen LogP contribution in [0.5, 0.6) is 5.75 Å². The van der Waals surface area contributed by atoms with Gasteiger partial charge in [0, 0.05) is 10.0 Å². The Morgan fingerprint density at radius 1 is 1.27 bits per heavy atom. The van der Waals surface area contributed by atoms with Crippen molar-refractivity contribution < 1.29 is 27.8 Å². The second-order valence-corrected chi connectivity index (χ2v) is 6.10. The Bertz CT molecular complexity index is 801. The first-order valence-electron chi connectivity index (χ1n) is 6.82. The van der Waals surface area contributed by atoms with E-state index in [2.05, 4.69) is 15.9 Å². The number of rotatable bonds is 4. The molecule has 0 radical (unpaired) electrons. The van der Waals surface area contributed by atoms with E-state index in [0.717, 1.165) is 10.0 Å². The van der Waals surface area contributed by atoms with Gasteiger partial charge in [-0.1, -0.05) is 45.7 Å². The van der Waals surface area contributed by atoms with Crippen LogP contribution in [0.3, 0.4) is 0 Å². The minimum absolute atomic E-state index is 0.0449. The molecule has 2 aromatic rings. The number of nitrogen functional groups attached to an aromatic ring is 1. The molecule has 5 nitrogen and oxygen atoms in total. The van der Waals surface area contributed by atoms with Crippen LogP contribution in [-0.4, -0.2) is 23.1 Å². The number of alkyl halides is 3. The molecule has 2 aromatic carbocycles. The van der Waals surface area contributed by atoms with E-state index in [4.69, 9.17) is 37.4 Å². The van der Waals surface area contributed by atoms with E-state index in [0.29, 0.717) is 22.9 Å². The molecule has 0 saturated carbocycles. The first kappa shape index (κ1) is 21.8. The Kier molecular flexibility index (Phi) is 7.91. The predicted octanol–water partition coefficient (Wildman–Crippen LogP) is 4.60. The fourth-order valence-corrected chi connectivity index (χ4v) is 2.31. The topological polar surface area (TPSA) is 96.4 Å². The predicted molar refractivity (Wildman–Crippen MR) is 94.6 cm³/mol. The minimum atomic E-state index is -5.08. The number of carbonyl (C=O) groups is 1. The number of nitrogens with two attached hydrogens (primary N) is 1. The smallest absolute Gasteiger partial charge is 0.487 e. The van der Waals surface area contributed by atoms with Gasteiger partial charge in [0.2, 0.25) is 0 Å². The minimum Gasteiger partial charge on any atom is -0.487 e. The molecule has 0 spiro atoms. The zero-order valence-electron chi connectivity index (χ0n) is 13.0. The molecule has 0 fully saturated rings. The molecular formula is C16H13BrClF3N2O3. The van der Waals surface area contributed by atoms with Gasteiger partial charge in [0.05, 0.1) is 5.02 Å². The van der Waals surface area contributed by atoms with E-state index >= 15 is 0 Å². The van der Waals surface area contributed by atoms with E-state index in [9.17, 15) is 13.2 Å². The molecule has 26 heavy (non-hydrogen) atoms. The highest BCUT2D eigenvalue weighted by Crippen LogP contribution is 2.28. The van der Waals surface area contributed by atoms with Gasteiger partial charge in [-0.25, -0.2) is 4.79 Å². The maximum atomic E-state index is 10.6. The molecule has 0 heterocycles. The standard InChI is InChI=1S/C14H12BrClN2O.C2HF3O2/c15-11-4-5-13(12(16)7-11)19-8-9-2-1-3-10(6-9)14(17)18;3-2(4,5)1(6)7/h1-7H,8H2,(H3,17,18);(H,6,7). The Morgan fingerprint density at radius 2 is 1.88 bits per heavy atom. The van der Waals surface area contributed by atoms with Crippen LogP contribution in [0.1, 0.15) is 11.1 Å². The maximum Gasteiger partial charge on any atom is 0.490 e. The van der Waals surface area contributed by atoms with Gasteiger partial charge in [-0.15, -0.1) is 0 Å². The van der Waals surface area contributed by atoms with Crippen molar-refractivity contribution in [2.24, 2.45) is 5.73 Å². The van der Waals surface area contributed by atoms with Crippen molar-refractivity contribution in [2.45, 2.75) is 12.8 Å². The number of carboxylic acids is 1. The summed E-state index contributed by atoms with van der Waals surface area (Å²) in [6.45, 7) is 0.377. The summed E-state index contributed by atoms with van der Waals surface area (Å²) >= 11 is 9.41. The van der Waals surface area contributed by atoms with E-state index in [1.54, 1.807) is 18.2 Å². The van der Waals surface area contributed by atoms with E-state index in [-0.39, 0.29) is 5.84 Å². The summed E-state index contributed by atoms with van der Waals surface area (Å²) in [6, 6.07) is 12.8. The Hall–Kier alpha value is -2.26. The molecule has 0 atom stereocenters. The van der Waals surface area contributed by atoms with Crippen LogP contribution >= 0.6 is 27.5 Å². The molecule has 140 valence electrons. The summed E-state index contributed by atoms with van der Waals surface area (Å²) in [5.74, 6) is -2.09. The zero-order chi connectivity index (χ0) is 19.9. The van der Waals surface area contributed by atoms with Gasteiger partial charge in [0.15, 0.2) is 0 Å². The van der Waals surface area contributed by atoms with Crippen molar-refractivity contribution in [3.05, 3.63) is 63.1 Å². The summed E-state index contributed by atoms with van der Waals surface area (Å²) in [5.41, 5.74) is 7.07. The number of hydrogen-bond donors (Lipinski definition) is 3. The lowest BCUT2D eigenvalue weighted by atomic mass is 10.1. The zero-order valence-corrected chi connectivity index (χ0v) is 15.3. The van der Waals surface area contributed by atoms with Gasteiger partial charge < -0.3 is 15.6 Å². The number of carboxylic acid groups (broad SMARTS) is 1. The number of ether oxygens (including phenoxy) is 1. The van der Waals surface area contributed by atoms with Crippen LogP contribution in [0.2, 0.25) is 5.02 Å². The van der Waals surface area contributed by atoms with E-state index in [1.807, 2.05) is 24.3 Å². The molecule has 0 unspecified atom stereocenters. The van der Waals surface area contributed by atoms with Gasteiger partial charge in [0.25, 0.3) is 0 Å². The van der Waals surface area contributed by atoms with Gasteiger partial charge >= 0.3 is 12.1 Å². The molecule has 0 bridgehead atoms. The Morgan fingerprint density at radius 3 is 2.38 bits per heavy atom. The normalized spacial score (nSPS) is 10.5. The summed E-state index contributed by atoms with van der Waals surface area (Å²) < 4.78 is 38.3. The van der Waals surface area contributed by atoms with Crippen molar-refractivity contribution >= 4 is 39.3 Å². The lowest BCUT2D eigenvalue weighted by Crippen LogP contribution is -2.21. The molecule has 0 amide bonds. The average Bonchev–Trinajstić information content (AvgIpc) is 2.54. The molecule has 0 aliphatic carbocycles. The van der Waals surface area contributed by atoms with Gasteiger partial charge in [-0.3, -0.25) is 5.41 Å². The van der Waals surface area contributed by atoms with Gasteiger partial charge in [-0.05, 0) is 29.8 Å². The summed E-state index contributed by atoms with van der Waals surface area (Å²) in [5, 5.41) is 15.1. The number of halogens is 5. The van der Waals surface area contributed by atoms with E-state index in [1.165, 1.54) is 0 Å². The van der Waals surface area contributed by atoms with Crippen molar-refractivity contribution in [1.82, 2.24) is 0 Å². The van der Waals surface area contributed by atoms with E-state index < -0.39 is 12.1 Å². The molecule has 2 rings (SSSR count). The fraction of sp³-hybridized carbons (Fsp3) is 0.125. The summed E-state index contributed by atoms with van der Waals surface area (Å²) in [7, 11) is 0. The van der Waals surface area contributed by atoms with Gasteiger partial charge in [-0.2, -0.15) is 13.2 Å². The van der Waals surface area contributed by atoms with Crippen LogP contribution in [0.15, 0.2) is 46.9 Å². The second kappa shape index (κ2) is 9.44. The highest BCUT2D eigenvalue weighted by atomic mass is 79.9. The highest BCUT2D eigenvalue weighted by Gasteiger charge is 2.38. The van der Waals surface area contributed by atoms with Crippen LogP contribution < -0.4 is 10.5 Å². The third kappa shape index (κ3) is 7.32. The first-order valence-corrected chi connectivity index (χ1v) is 7.99. The van der Waals surface area contributed by atoms with Crippen LogP contribution in [0.4, 0.5) is 13.2 Å². The number of aliphatic carboxylic acids is 1. The summed E-state index contributed by atoms with van der Waals surface area (Å²) in [6.07, 6.45) is -5.08. The van der Waals surface area contributed by atoms with Gasteiger partial charge in [0.1, 0.15) is 18.2 Å². The third-order valence-corrected chi connectivity index (χ3v) is 3.56. The lowest BCUT2D eigenvalue weighted by molar-refractivity contribution is -0.192. The Labute approximate surface area is 160 Å². The first-order chi connectivity index (χ1) is 12.0. The monoisotopic (exact) mass is 452 g/mol. The molecule has 0 saturated heterocycles. The van der Waals surface area contributed by atoms with Crippen molar-refractivity contribution in [3.8, 4) is 5.75 Å². The molecule has 4 N–H and O–H groups in total. The molecule has 0 aliphatic rings. The number of hydrogen-bond acceptors (Lipinski definition) is 3. The Balaban J connectivity index is 0.000000412.